The number of benzene rings is 2. The molecule has 0 aromatic heterocycles. The van der Waals surface area contributed by atoms with Gasteiger partial charge in [-0.15, -0.1) is 0 Å². The number of nitrogens with one attached hydrogen (secondary N) is 3. The van der Waals surface area contributed by atoms with Crippen LogP contribution in [0, 0.1) is 11.5 Å². The van der Waals surface area contributed by atoms with Gasteiger partial charge in [0.05, 0.1) is 12.8 Å². The molecule has 0 aliphatic rings. The van der Waals surface area contributed by atoms with Gasteiger partial charge in [-0.05, 0) is 34.2 Å². The second kappa shape index (κ2) is 9.43. The maximum Gasteiger partial charge on any atom is 0.229 e. The van der Waals surface area contributed by atoms with Crippen molar-refractivity contribution >= 4 is 21.7 Å². The molecule has 0 amide bonds. The van der Waals surface area contributed by atoms with Crippen molar-refractivity contribution in [1.29, 1.82) is 5.26 Å². The highest BCUT2D eigenvalue weighted by atomic mass is 32.2. The van der Waals surface area contributed by atoms with Crippen LogP contribution in [0.15, 0.2) is 53.5 Å². The van der Waals surface area contributed by atoms with Crippen LogP contribution in [0.1, 0.15) is 37.5 Å². The Kier molecular flexibility index (Phi) is 7.23. The predicted molar refractivity (Wildman–Crippen MR) is 117 cm³/mol. The highest BCUT2D eigenvalue weighted by Crippen LogP contribution is 2.22. The Morgan fingerprint density at radius 3 is 2.14 bits per heavy atom. The topological polar surface area (TPSA) is 106 Å². The SMILES string of the molecule is CC(C)(C)c1ccc(CNC(=NCc2ccc(NS(C)(=O)=O)cc2)NC#N)cc1. The Hall–Kier alpha value is -3.05. The molecule has 0 aliphatic heterocycles. The minimum atomic E-state index is -3.30. The summed E-state index contributed by atoms with van der Waals surface area (Å²) in [4.78, 5) is 4.39. The highest BCUT2D eigenvalue weighted by molar-refractivity contribution is 7.92. The van der Waals surface area contributed by atoms with Gasteiger partial charge in [-0.1, -0.05) is 57.2 Å². The maximum atomic E-state index is 11.2. The van der Waals surface area contributed by atoms with E-state index in [1.165, 1.54) is 5.56 Å². The summed E-state index contributed by atoms with van der Waals surface area (Å²) in [7, 11) is -3.30. The third-order valence-electron chi connectivity index (χ3n) is 4.13. The molecule has 7 nitrogen and oxygen atoms in total. The molecular formula is C21H27N5O2S. The largest absolute Gasteiger partial charge is 0.351 e. The van der Waals surface area contributed by atoms with Crippen molar-refractivity contribution in [2.75, 3.05) is 11.0 Å². The van der Waals surface area contributed by atoms with E-state index in [1.54, 1.807) is 24.3 Å². The summed E-state index contributed by atoms with van der Waals surface area (Å²) in [6.45, 7) is 7.40. The van der Waals surface area contributed by atoms with Gasteiger partial charge in [-0.2, -0.15) is 5.26 Å². The van der Waals surface area contributed by atoms with Gasteiger partial charge in [0.1, 0.15) is 0 Å². The molecule has 0 fully saturated rings. The van der Waals surface area contributed by atoms with Crippen LogP contribution in [-0.4, -0.2) is 20.6 Å². The van der Waals surface area contributed by atoms with Crippen molar-refractivity contribution in [2.24, 2.45) is 4.99 Å². The minimum absolute atomic E-state index is 0.104. The zero-order valence-electron chi connectivity index (χ0n) is 17.2. The van der Waals surface area contributed by atoms with Crippen LogP contribution in [0.5, 0.6) is 0 Å². The van der Waals surface area contributed by atoms with Crippen LogP contribution >= 0.6 is 0 Å². The fourth-order valence-electron chi connectivity index (χ4n) is 2.56. The van der Waals surface area contributed by atoms with Crippen molar-refractivity contribution in [3.8, 4) is 6.19 Å². The summed E-state index contributed by atoms with van der Waals surface area (Å²) in [5.74, 6) is 0.380. The van der Waals surface area contributed by atoms with Crippen molar-refractivity contribution in [3.05, 3.63) is 65.2 Å². The summed E-state index contributed by atoms with van der Waals surface area (Å²) in [5.41, 5.74) is 3.83. The lowest BCUT2D eigenvalue weighted by Gasteiger charge is -2.19. The van der Waals surface area contributed by atoms with Crippen LogP contribution < -0.4 is 15.4 Å². The molecule has 0 aliphatic carbocycles. The summed E-state index contributed by atoms with van der Waals surface area (Å²) in [5, 5.41) is 14.6. The third kappa shape index (κ3) is 7.84. The average molecular weight is 414 g/mol. The highest BCUT2D eigenvalue weighted by Gasteiger charge is 2.12. The van der Waals surface area contributed by atoms with Crippen LogP contribution in [0.25, 0.3) is 0 Å². The lowest BCUT2D eigenvalue weighted by atomic mass is 9.87. The number of aliphatic imine (C=N–C) groups is 1. The standard InChI is InChI=1S/C21H27N5O2S/c1-21(2,3)18-9-5-16(6-10-18)13-23-20(25-15-22)24-14-17-7-11-19(12-8-17)26-29(4,27)28/h5-12,26H,13-14H2,1-4H3,(H2,23,24,25). The number of nitrogens with zero attached hydrogens (tertiary/aromatic N) is 2. The van der Waals surface area contributed by atoms with Gasteiger partial charge in [0, 0.05) is 12.2 Å². The van der Waals surface area contributed by atoms with E-state index < -0.39 is 10.0 Å². The molecule has 29 heavy (non-hydrogen) atoms. The first-order chi connectivity index (χ1) is 13.6. The van der Waals surface area contributed by atoms with Crippen molar-refractivity contribution in [2.45, 2.75) is 39.3 Å². The van der Waals surface area contributed by atoms with E-state index in [1.807, 2.05) is 6.19 Å². The van der Waals surface area contributed by atoms with Crippen LogP contribution in [0.3, 0.4) is 0 Å². The Morgan fingerprint density at radius 1 is 1.03 bits per heavy atom. The number of sulfonamides is 1. The van der Waals surface area contributed by atoms with Gasteiger partial charge in [-0.25, -0.2) is 13.4 Å². The number of hydrogen-bond acceptors (Lipinski definition) is 4. The van der Waals surface area contributed by atoms with Crippen molar-refractivity contribution < 1.29 is 8.42 Å². The number of rotatable bonds is 6. The molecule has 0 bridgehead atoms. The molecule has 0 radical (unpaired) electrons. The second-order valence-electron chi connectivity index (χ2n) is 7.77. The lowest BCUT2D eigenvalue weighted by Crippen LogP contribution is -2.34. The summed E-state index contributed by atoms with van der Waals surface area (Å²) >= 11 is 0. The Labute approximate surface area is 172 Å². The van der Waals surface area contributed by atoms with Gasteiger partial charge in [0.15, 0.2) is 6.19 Å². The molecular weight excluding hydrogens is 386 g/mol. The molecule has 0 saturated carbocycles. The van der Waals surface area contributed by atoms with E-state index in [9.17, 15) is 8.42 Å². The van der Waals surface area contributed by atoms with E-state index >= 15 is 0 Å². The normalized spacial score (nSPS) is 12.2. The average Bonchev–Trinajstić information content (AvgIpc) is 2.63. The summed E-state index contributed by atoms with van der Waals surface area (Å²) < 4.78 is 24.9. The second-order valence-corrected chi connectivity index (χ2v) is 9.52. The molecule has 2 rings (SSSR count). The van der Waals surface area contributed by atoms with Gasteiger partial charge >= 0.3 is 0 Å². The Balaban J connectivity index is 1.98. The maximum absolute atomic E-state index is 11.2. The minimum Gasteiger partial charge on any atom is -0.351 e. The molecule has 3 N–H and O–H groups in total. The molecule has 2 aromatic carbocycles. The van der Waals surface area contributed by atoms with Crippen molar-refractivity contribution in [3.63, 3.8) is 0 Å². The quantitative estimate of drug-likeness (QED) is 0.292. The molecule has 0 heterocycles. The van der Waals surface area contributed by atoms with E-state index in [2.05, 4.69) is 65.4 Å². The molecule has 0 unspecified atom stereocenters. The van der Waals surface area contributed by atoms with Crippen LogP contribution in [0.2, 0.25) is 0 Å². The van der Waals surface area contributed by atoms with E-state index in [0.29, 0.717) is 24.7 Å². The number of anilines is 1. The first-order valence-electron chi connectivity index (χ1n) is 9.16. The Bertz CT molecular complexity index is 983. The third-order valence-corrected chi connectivity index (χ3v) is 4.74. The number of hydrogen-bond donors (Lipinski definition) is 3. The Morgan fingerprint density at radius 2 is 1.62 bits per heavy atom. The van der Waals surface area contributed by atoms with E-state index in [4.69, 9.17) is 5.26 Å². The van der Waals surface area contributed by atoms with Crippen LogP contribution in [-0.2, 0) is 28.5 Å². The number of guanidine groups is 1. The molecule has 0 saturated heterocycles. The molecule has 8 heteroatoms. The lowest BCUT2D eigenvalue weighted by molar-refractivity contribution is 0.590. The van der Waals surface area contributed by atoms with E-state index in [0.717, 1.165) is 17.4 Å². The number of nitriles is 1. The van der Waals surface area contributed by atoms with Gasteiger partial charge in [0.2, 0.25) is 16.0 Å². The molecule has 0 atom stereocenters. The van der Waals surface area contributed by atoms with Gasteiger partial charge < -0.3 is 5.32 Å². The fraction of sp³-hybridized carbons (Fsp3) is 0.333. The van der Waals surface area contributed by atoms with Crippen molar-refractivity contribution in [1.82, 2.24) is 10.6 Å². The monoisotopic (exact) mass is 413 g/mol. The van der Waals surface area contributed by atoms with Crippen LogP contribution in [0.4, 0.5) is 5.69 Å². The molecule has 0 spiro atoms. The molecule has 154 valence electrons. The van der Waals surface area contributed by atoms with E-state index in [-0.39, 0.29) is 5.41 Å². The predicted octanol–water partition coefficient (Wildman–Crippen LogP) is 3.07. The summed E-state index contributed by atoms with van der Waals surface area (Å²) in [6, 6.07) is 15.3. The zero-order valence-corrected chi connectivity index (χ0v) is 18.0. The molecule has 2 aromatic rings. The van der Waals surface area contributed by atoms with Gasteiger partial charge in [0.25, 0.3) is 0 Å². The smallest absolute Gasteiger partial charge is 0.229 e. The first kappa shape index (κ1) is 22.2. The summed E-state index contributed by atoms with van der Waals surface area (Å²) in [6.07, 6.45) is 2.99. The zero-order chi connectivity index (χ0) is 21.5. The van der Waals surface area contributed by atoms with Gasteiger partial charge in [-0.3, -0.25) is 10.0 Å². The first-order valence-corrected chi connectivity index (χ1v) is 11.1. The fourth-order valence-corrected chi connectivity index (χ4v) is 3.13.